The lowest BCUT2D eigenvalue weighted by molar-refractivity contribution is -0.121. The average Bonchev–Trinajstić information content (AvgIpc) is 2.74. The Morgan fingerprint density at radius 3 is 2.62 bits per heavy atom. The molecule has 7 nitrogen and oxygen atoms in total. The van der Waals surface area contributed by atoms with Gasteiger partial charge in [-0.3, -0.25) is 14.2 Å². The molecule has 1 aromatic heterocycles. The summed E-state index contributed by atoms with van der Waals surface area (Å²) in [5.41, 5.74) is 1.44. The number of nitrogens with one attached hydrogen (secondary N) is 2. The largest absolute Gasteiger partial charge is 0.465 e. The van der Waals surface area contributed by atoms with Crippen LogP contribution in [0, 0.1) is 4.77 Å². The highest BCUT2D eigenvalue weighted by atomic mass is 32.1. The van der Waals surface area contributed by atoms with Crippen LogP contribution in [0.2, 0.25) is 0 Å². The van der Waals surface area contributed by atoms with Crippen LogP contribution in [-0.2, 0) is 16.1 Å². The molecule has 1 heterocycles. The van der Waals surface area contributed by atoms with Crippen molar-refractivity contribution in [2.75, 3.05) is 13.7 Å². The summed E-state index contributed by atoms with van der Waals surface area (Å²) >= 11 is 5.25. The number of methoxy groups -OCH3 is 1. The van der Waals surface area contributed by atoms with Crippen molar-refractivity contribution in [1.82, 2.24) is 14.9 Å². The molecule has 0 bridgehead atoms. The quantitative estimate of drug-likeness (QED) is 0.481. The Morgan fingerprint density at radius 1 is 1.21 bits per heavy atom. The predicted octanol–water partition coefficient (Wildman–Crippen LogP) is 2.77. The maximum absolute atomic E-state index is 12.8. The van der Waals surface area contributed by atoms with Crippen LogP contribution in [0.1, 0.15) is 28.8 Å². The number of rotatable bonds is 6. The van der Waals surface area contributed by atoms with Crippen LogP contribution in [0.25, 0.3) is 10.9 Å². The van der Waals surface area contributed by atoms with Gasteiger partial charge in [0, 0.05) is 6.54 Å². The molecule has 3 rings (SSSR count). The maximum atomic E-state index is 12.8. The molecule has 8 heteroatoms. The summed E-state index contributed by atoms with van der Waals surface area (Å²) < 4.78 is 6.00. The van der Waals surface area contributed by atoms with Gasteiger partial charge in [-0.15, -0.1) is 0 Å². The molecule has 3 aromatic rings. The highest BCUT2D eigenvalue weighted by Crippen LogP contribution is 2.13. The highest BCUT2D eigenvalue weighted by Gasteiger charge is 2.13. The Hall–Kier alpha value is -3.26. The van der Waals surface area contributed by atoms with Gasteiger partial charge in [0.15, 0.2) is 4.77 Å². The van der Waals surface area contributed by atoms with E-state index in [2.05, 4.69) is 15.0 Å². The van der Waals surface area contributed by atoms with Gasteiger partial charge in [0.1, 0.15) is 6.54 Å². The van der Waals surface area contributed by atoms with Crippen LogP contribution in [0.15, 0.2) is 53.3 Å². The summed E-state index contributed by atoms with van der Waals surface area (Å²) in [6.45, 7) is 2.28. The van der Waals surface area contributed by atoms with E-state index in [0.29, 0.717) is 23.0 Å². The number of aromatic amines is 1. The number of aromatic nitrogens is 2. The van der Waals surface area contributed by atoms with Crippen LogP contribution >= 0.6 is 12.2 Å². The molecule has 2 N–H and O–H groups in total. The summed E-state index contributed by atoms with van der Waals surface area (Å²) in [6, 6.07) is 14.4. The van der Waals surface area contributed by atoms with Crippen LogP contribution in [-0.4, -0.2) is 35.1 Å². The number of esters is 1. The summed E-state index contributed by atoms with van der Waals surface area (Å²) in [5.74, 6) is -0.679. The zero-order valence-corrected chi connectivity index (χ0v) is 16.9. The Morgan fingerprint density at radius 2 is 1.93 bits per heavy atom. The number of H-pyrrole nitrogens is 1. The molecule has 0 aliphatic rings. The minimum Gasteiger partial charge on any atom is -0.465 e. The second-order valence-electron chi connectivity index (χ2n) is 6.69. The number of ether oxygens (including phenoxy) is 1. The number of fused-ring (bicyclic) bond motifs is 1. The lowest BCUT2D eigenvalue weighted by Crippen LogP contribution is -2.35. The van der Waals surface area contributed by atoms with E-state index in [1.807, 2.05) is 37.3 Å². The van der Waals surface area contributed by atoms with E-state index in [1.165, 1.54) is 29.9 Å². The summed E-state index contributed by atoms with van der Waals surface area (Å²) in [4.78, 5) is 39.7. The van der Waals surface area contributed by atoms with Crippen molar-refractivity contribution in [3.05, 3.63) is 74.8 Å². The van der Waals surface area contributed by atoms with Gasteiger partial charge < -0.3 is 15.0 Å². The number of hydrogen-bond donors (Lipinski definition) is 2. The second-order valence-corrected chi connectivity index (χ2v) is 7.08. The van der Waals surface area contributed by atoms with Crippen molar-refractivity contribution in [3.8, 4) is 0 Å². The first-order valence-electron chi connectivity index (χ1n) is 9.07. The first-order chi connectivity index (χ1) is 13.9. The lowest BCUT2D eigenvalue weighted by atomic mass is 10.0. The standard InChI is InChI=1S/C21H21N3O4S/c1-13(14-6-4-3-5-7-14)11-22-18(25)12-24-19(26)16-9-8-15(20(27)28-2)10-17(16)23-21(24)29/h3-10,13H,11-12H2,1-2H3,(H,22,25)(H,23,29). The fraction of sp³-hybridized carbons (Fsp3) is 0.238. The third-order valence-corrected chi connectivity index (χ3v) is 5.00. The zero-order chi connectivity index (χ0) is 21.0. The van der Waals surface area contributed by atoms with E-state index in [4.69, 9.17) is 12.2 Å². The summed E-state index contributed by atoms with van der Waals surface area (Å²) in [5, 5.41) is 3.17. The Balaban J connectivity index is 1.77. The molecule has 0 spiro atoms. The number of nitrogens with zero attached hydrogens (tertiary/aromatic N) is 1. The van der Waals surface area contributed by atoms with Crippen molar-refractivity contribution < 1.29 is 14.3 Å². The second kappa shape index (κ2) is 8.83. The van der Waals surface area contributed by atoms with Crippen LogP contribution in [0.3, 0.4) is 0 Å². The van der Waals surface area contributed by atoms with Gasteiger partial charge in [-0.25, -0.2) is 4.79 Å². The molecule has 0 radical (unpaired) electrons. The fourth-order valence-electron chi connectivity index (χ4n) is 3.01. The molecule has 0 aliphatic heterocycles. The number of benzene rings is 2. The van der Waals surface area contributed by atoms with Crippen LogP contribution < -0.4 is 10.9 Å². The van der Waals surface area contributed by atoms with Gasteiger partial charge in [-0.2, -0.15) is 0 Å². The summed E-state index contributed by atoms with van der Waals surface area (Å²) in [6.07, 6.45) is 0. The minimum atomic E-state index is -0.512. The van der Waals surface area contributed by atoms with Crippen LogP contribution in [0.4, 0.5) is 0 Å². The molecule has 2 aromatic carbocycles. The predicted molar refractivity (Wildman–Crippen MR) is 113 cm³/mol. The van der Waals surface area contributed by atoms with Gasteiger partial charge in [-0.1, -0.05) is 37.3 Å². The van der Waals surface area contributed by atoms with Gasteiger partial charge in [0.2, 0.25) is 5.91 Å². The van der Waals surface area contributed by atoms with Gasteiger partial charge in [0.25, 0.3) is 5.56 Å². The third-order valence-electron chi connectivity index (χ3n) is 4.68. The number of carbonyl (C=O) groups is 2. The maximum Gasteiger partial charge on any atom is 0.337 e. The monoisotopic (exact) mass is 411 g/mol. The fourth-order valence-corrected chi connectivity index (χ4v) is 3.27. The Labute approximate surface area is 172 Å². The Bertz CT molecular complexity index is 1170. The van der Waals surface area contributed by atoms with Crippen molar-refractivity contribution in [1.29, 1.82) is 0 Å². The molecular weight excluding hydrogens is 390 g/mol. The molecule has 29 heavy (non-hydrogen) atoms. The molecule has 150 valence electrons. The van der Waals surface area contributed by atoms with E-state index in [1.54, 1.807) is 0 Å². The molecular formula is C21H21N3O4S. The molecule has 0 fully saturated rings. The van der Waals surface area contributed by atoms with Crippen molar-refractivity contribution in [2.24, 2.45) is 0 Å². The minimum absolute atomic E-state index is 0.107. The topological polar surface area (TPSA) is 93.2 Å². The average molecular weight is 411 g/mol. The third kappa shape index (κ3) is 4.60. The molecule has 0 aliphatic carbocycles. The smallest absolute Gasteiger partial charge is 0.337 e. The first-order valence-corrected chi connectivity index (χ1v) is 9.48. The first kappa shape index (κ1) is 20.5. The zero-order valence-electron chi connectivity index (χ0n) is 16.1. The van der Waals surface area contributed by atoms with Crippen molar-refractivity contribution in [3.63, 3.8) is 0 Å². The molecule has 1 amide bonds. The van der Waals surface area contributed by atoms with Gasteiger partial charge >= 0.3 is 5.97 Å². The van der Waals surface area contributed by atoms with E-state index in [9.17, 15) is 14.4 Å². The van der Waals surface area contributed by atoms with E-state index >= 15 is 0 Å². The van der Waals surface area contributed by atoms with Gasteiger partial charge in [0.05, 0.1) is 23.6 Å². The SMILES string of the molecule is COC(=O)c1ccc2c(=O)n(CC(=O)NCC(C)c3ccccc3)c(=S)[nH]c2c1. The summed E-state index contributed by atoms with van der Waals surface area (Å²) in [7, 11) is 1.28. The normalized spacial score (nSPS) is 11.8. The molecule has 0 saturated carbocycles. The van der Waals surface area contributed by atoms with Crippen molar-refractivity contribution >= 4 is 35.0 Å². The number of carbonyl (C=O) groups excluding carboxylic acids is 2. The molecule has 0 saturated heterocycles. The molecule has 1 unspecified atom stereocenters. The Kier molecular flexibility index (Phi) is 6.23. The number of amides is 1. The van der Waals surface area contributed by atoms with Gasteiger partial charge in [-0.05, 0) is 41.9 Å². The van der Waals surface area contributed by atoms with E-state index < -0.39 is 11.5 Å². The van der Waals surface area contributed by atoms with Crippen LogP contribution in [0.5, 0.6) is 0 Å². The lowest BCUT2D eigenvalue weighted by Gasteiger charge is -2.14. The molecule has 1 atom stereocenters. The van der Waals surface area contributed by atoms with E-state index in [-0.39, 0.29) is 23.1 Å². The van der Waals surface area contributed by atoms with E-state index in [0.717, 1.165) is 5.56 Å². The number of hydrogen-bond acceptors (Lipinski definition) is 5. The van der Waals surface area contributed by atoms with Crippen molar-refractivity contribution in [2.45, 2.75) is 19.4 Å². The highest BCUT2D eigenvalue weighted by molar-refractivity contribution is 7.71.